The number of rotatable bonds is 2. The minimum atomic E-state index is 0.660. The molecule has 0 aromatic rings. The van der Waals surface area contributed by atoms with E-state index in [2.05, 4.69) is 45.9 Å². The molecule has 0 radical (unpaired) electrons. The molecule has 0 atom stereocenters. The average Bonchev–Trinajstić information content (AvgIpc) is 2.07. The van der Waals surface area contributed by atoms with Crippen LogP contribution < -0.4 is 0 Å². The highest BCUT2D eigenvalue weighted by Crippen LogP contribution is 2.24. The van der Waals surface area contributed by atoms with E-state index in [0.29, 0.717) is 5.92 Å². The third-order valence-corrected chi connectivity index (χ3v) is 2.56. The van der Waals surface area contributed by atoms with Crippen molar-refractivity contribution in [3.05, 3.63) is 34.9 Å². The van der Waals surface area contributed by atoms with E-state index in [9.17, 15) is 0 Å². The van der Waals surface area contributed by atoms with E-state index < -0.39 is 0 Å². The molecule has 0 nitrogen and oxygen atoms in total. The lowest BCUT2D eigenvalue weighted by Gasteiger charge is -2.13. The first-order valence-electron chi connectivity index (χ1n) is 5.12. The molecule has 1 aliphatic rings. The zero-order chi connectivity index (χ0) is 9.84. The molecule has 0 heteroatoms. The van der Waals surface area contributed by atoms with Crippen LogP contribution in [0.15, 0.2) is 34.9 Å². The van der Waals surface area contributed by atoms with E-state index in [0.717, 1.165) is 12.8 Å². The van der Waals surface area contributed by atoms with Crippen molar-refractivity contribution in [1.82, 2.24) is 0 Å². The fraction of sp³-hybridized carbons (Fsp3) is 0.538. The van der Waals surface area contributed by atoms with E-state index >= 15 is 0 Å². The summed E-state index contributed by atoms with van der Waals surface area (Å²) in [7, 11) is 0. The second-order valence-corrected chi connectivity index (χ2v) is 4.32. The molecular weight excluding hydrogens is 156 g/mol. The normalized spacial score (nSPS) is 18.7. The number of allylic oxidation sites excluding steroid dienone is 6. The Morgan fingerprint density at radius 1 is 1.23 bits per heavy atom. The summed E-state index contributed by atoms with van der Waals surface area (Å²) in [6.45, 7) is 8.90. The van der Waals surface area contributed by atoms with Crippen LogP contribution in [0.2, 0.25) is 0 Å². The summed E-state index contributed by atoms with van der Waals surface area (Å²) < 4.78 is 0. The van der Waals surface area contributed by atoms with Crippen molar-refractivity contribution in [3.8, 4) is 0 Å². The van der Waals surface area contributed by atoms with Crippen LogP contribution in [0.1, 0.15) is 40.5 Å². The second-order valence-electron chi connectivity index (χ2n) is 4.32. The quantitative estimate of drug-likeness (QED) is 0.552. The standard InChI is InChI=1S/C13H20/c1-10(2)5-7-13-8-6-11(3)12(4)9-13/h5,7-8,10H,6,9H2,1-4H3/b7-5+. The maximum absolute atomic E-state index is 2.35. The highest BCUT2D eigenvalue weighted by molar-refractivity contribution is 5.32. The second kappa shape index (κ2) is 4.45. The molecule has 0 N–H and O–H groups in total. The third-order valence-electron chi connectivity index (χ3n) is 2.56. The van der Waals surface area contributed by atoms with Crippen molar-refractivity contribution in [2.75, 3.05) is 0 Å². The Labute approximate surface area is 82.0 Å². The highest BCUT2D eigenvalue weighted by Gasteiger charge is 2.04. The molecule has 72 valence electrons. The summed E-state index contributed by atoms with van der Waals surface area (Å²) in [6.07, 6.45) is 9.19. The first-order chi connectivity index (χ1) is 6.09. The molecular formula is C13H20. The van der Waals surface area contributed by atoms with Crippen LogP contribution in [0.3, 0.4) is 0 Å². The molecule has 0 saturated heterocycles. The largest absolute Gasteiger partial charge is 0.0817 e. The van der Waals surface area contributed by atoms with Gasteiger partial charge < -0.3 is 0 Å². The average molecular weight is 176 g/mol. The van der Waals surface area contributed by atoms with Crippen molar-refractivity contribution in [2.45, 2.75) is 40.5 Å². The van der Waals surface area contributed by atoms with Crippen LogP contribution in [0.25, 0.3) is 0 Å². The van der Waals surface area contributed by atoms with Gasteiger partial charge in [0.25, 0.3) is 0 Å². The van der Waals surface area contributed by atoms with Gasteiger partial charge in [-0.05, 0) is 38.2 Å². The minimum absolute atomic E-state index is 0.660. The Balaban J connectivity index is 2.57. The monoisotopic (exact) mass is 176 g/mol. The van der Waals surface area contributed by atoms with Crippen LogP contribution >= 0.6 is 0 Å². The molecule has 0 aromatic heterocycles. The summed E-state index contributed by atoms with van der Waals surface area (Å²) in [5.74, 6) is 0.660. The van der Waals surface area contributed by atoms with Crippen molar-refractivity contribution in [2.24, 2.45) is 5.92 Å². The zero-order valence-corrected chi connectivity index (χ0v) is 9.22. The van der Waals surface area contributed by atoms with E-state index in [-0.39, 0.29) is 0 Å². The molecule has 0 spiro atoms. The fourth-order valence-corrected chi connectivity index (χ4v) is 1.43. The summed E-state index contributed by atoms with van der Waals surface area (Å²) >= 11 is 0. The highest BCUT2D eigenvalue weighted by atomic mass is 14.1. The van der Waals surface area contributed by atoms with Crippen molar-refractivity contribution >= 4 is 0 Å². The topological polar surface area (TPSA) is 0 Å². The minimum Gasteiger partial charge on any atom is -0.0817 e. The SMILES string of the molecule is CC1=C(C)CC(/C=C/C(C)C)=CC1. The lowest BCUT2D eigenvalue weighted by Crippen LogP contribution is -1.94. The summed E-state index contributed by atoms with van der Waals surface area (Å²) in [5, 5.41) is 0. The van der Waals surface area contributed by atoms with E-state index in [1.807, 2.05) is 0 Å². The summed E-state index contributed by atoms with van der Waals surface area (Å²) in [4.78, 5) is 0. The molecule has 0 bridgehead atoms. The van der Waals surface area contributed by atoms with Crippen LogP contribution in [-0.4, -0.2) is 0 Å². The summed E-state index contributed by atoms with van der Waals surface area (Å²) in [5.41, 5.74) is 4.57. The molecule has 0 unspecified atom stereocenters. The number of hydrogen-bond donors (Lipinski definition) is 0. The van der Waals surface area contributed by atoms with Crippen molar-refractivity contribution in [1.29, 1.82) is 0 Å². The Kier molecular flexibility index (Phi) is 3.53. The molecule has 1 aliphatic carbocycles. The first kappa shape index (κ1) is 10.3. The van der Waals surface area contributed by atoms with E-state index in [1.165, 1.54) is 5.57 Å². The molecule has 13 heavy (non-hydrogen) atoms. The molecule has 0 heterocycles. The van der Waals surface area contributed by atoms with Gasteiger partial charge in [-0.25, -0.2) is 0 Å². The van der Waals surface area contributed by atoms with Gasteiger partial charge in [0.15, 0.2) is 0 Å². The maximum Gasteiger partial charge on any atom is -0.00704 e. The predicted octanol–water partition coefficient (Wildman–Crippen LogP) is 4.26. The van der Waals surface area contributed by atoms with Crippen LogP contribution in [-0.2, 0) is 0 Å². The van der Waals surface area contributed by atoms with Crippen molar-refractivity contribution < 1.29 is 0 Å². The van der Waals surface area contributed by atoms with Gasteiger partial charge in [-0.3, -0.25) is 0 Å². The lowest BCUT2D eigenvalue weighted by molar-refractivity contribution is 0.829. The van der Waals surface area contributed by atoms with Crippen LogP contribution in [0.5, 0.6) is 0 Å². The molecule has 0 saturated carbocycles. The van der Waals surface area contributed by atoms with Gasteiger partial charge in [0.05, 0.1) is 0 Å². The third kappa shape index (κ3) is 3.22. The van der Waals surface area contributed by atoms with Gasteiger partial charge in [0, 0.05) is 0 Å². The van der Waals surface area contributed by atoms with E-state index in [1.54, 1.807) is 11.1 Å². The Hall–Kier alpha value is -0.780. The Morgan fingerprint density at radius 3 is 2.46 bits per heavy atom. The maximum atomic E-state index is 2.35. The van der Waals surface area contributed by atoms with Crippen molar-refractivity contribution in [3.63, 3.8) is 0 Å². The van der Waals surface area contributed by atoms with Gasteiger partial charge in [-0.2, -0.15) is 0 Å². The Morgan fingerprint density at radius 2 is 1.92 bits per heavy atom. The predicted molar refractivity (Wildman–Crippen MR) is 59.7 cm³/mol. The molecule has 0 aliphatic heterocycles. The molecule has 1 rings (SSSR count). The van der Waals surface area contributed by atoms with Gasteiger partial charge >= 0.3 is 0 Å². The Bertz CT molecular complexity index is 262. The van der Waals surface area contributed by atoms with Gasteiger partial charge in [-0.1, -0.05) is 43.2 Å². The van der Waals surface area contributed by atoms with Crippen LogP contribution in [0, 0.1) is 5.92 Å². The lowest BCUT2D eigenvalue weighted by atomic mass is 9.93. The summed E-state index contributed by atoms with van der Waals surface area (Å²) in [6, 6.07) is 0. The smallest absolute Gasteiger partial charge is 0.00704 e. The number of hydrogen-bond acceptors (Lipinski definition) is 0. The molecule has 0 fully saturated rings. The molecule has 0 amide bonds. The van der Waals surface area contributed by atoms with Gasteiger partial charge in [0.2, 0.25) is 0 Å². The van der Waals surface area contributed by atoms with Crippen LogP contribution in [0.4, 0.5) is 0 Å². The van der Waals surface area contributed by atoms with Gasteiger partial charge in [-0.15, -0.1) is 0 Å². The molecule has 0 aromatic carbocycles. The van der Waals surface area contributed by atoms with Gasteiger partial charge in [0.1, 0.15) is 0 Å². The van der Waals surface area contributed by atoms with E-state index in [4.69, 9.17) is 0 Å². The fourth-order valence-electron chi connectivity index (χ4n) is 1.43. The first-order valence-corrected chi connectivity index (χ1v) is 5.12. The zero-order valence-electron chi connectivity index (χ0n) is 9.22.